The fourth-order valence-electron chi connectivity index (χ4n) is 7.05. The minimum Gasteiger partial charge on any atom is -0.379 e. The lowest BCUT2D eigenvalue weighted by Crippen LogP contribution is -2.01. The van der Waals surface area contributed by atoms with Crippen molar-refractivity contribution in [3.63, 3.8) is 0 Å². The van der Waals surface area contributed by atoms with Crippen molar-refractivity contribution in [2.24, 2.45) is 4.99 Å². The predicted octanol–water partition coefficient (Wildman–Crippen LogP) is 11.5. The molecule has 0 aliphatic heterocycles. The minimum absolute atomic E-state index is 0.680. The number of nitrogens with one attached hydrogen (secondary N) is 2. The van der Waals surface area contributed by atoms with Gasteiger partial charge in [0.05, 0.1) is 22.4 Å². The van der Waals surface area contributed by atoms with Gasteiger partial charge in [-0.15, -0.1) is 0 Å². The van der Waals surface area contributed by atoms with Gasteiger partial charge in [-0.1, -0.05) is 146 Å². The van der Waals surface area contributed by atoms with Gasteiger partial charge >= 0.3 is 0 Å². The van der Waals surface area contributed by atoms with Crippen molar-refractivity contribution in [2.75, 3.05) is 5.32 Å². The molecule has 2 N–H and O–H groups in total. The normalized spacial score (nSPS) is 11.6. The molecular formula is C43H30N4. The first-order valence-corrected chi connectivity index (χ1v) is 15.9. The number of hydrogen-bond acceptors (Lipinski definition) is 3. The van der Waals surface area contributed by atoms with E-state index >= 15 is 0 Å². The highest BCUT2D eigenvalue weighted by Crippen LogP contribution is 2.42. The molecule has 0 aliphatic rings. The number of imidazole rings is 1. The minimum atomic E-state index is 0.680. The van der Waals surface area contributed by atoms with Crippen molar-refractivity contribution in [3.05, 3.63) is 151 Å². The van der Waals surface area contributed by atoms with Crippen LogP contribution in [0.3, 0.4) is 0 Å². The third-order valence-electron chi connectivity index (χ3n) is 9.35. The standard InChI is InChI=1S/C43H30N4/c1-44-39-35-14-6-2-10-31(35)32-11-3-7-15-36(32)40(39)45-26-27-18-20-28(21-19-27)29-22-24-30(25-23-29)43-46-41-37-16-8-4-12-33(37)34-13-5-9-17-38(34)42(41)47-43/h2-25,45H,1,26H2,(H,46,47). The number of benzene rings is 8. The second kappa shape index (κ2) is 11.0. The molecule has 0 amide bonds. The SMILES string of the molecule is C=Nc1c(NCc2ccc(-c3ccc(-c4nc5c6ccccc6c6ccccc6c5[nH]4)cc3)cc2)c2ccccc2c2ccccc12. The summed E-state index contributed by atoms with van der Waals surface area (Å²) in [5.74, 6) is 0.879. The van der Waals surface area contributed by atoms with Gasteiger partial charge in [0.15, 0.2) is 0 Å². The molecule has 0 radical (unpaired) electrons. The Bertz CT molecular complexity index is 2560. The quantitative estimate of drug-likeness (QED) is 0.147. The first kappa shape index (κ1) is 27.1. The fraction of sp³-hybridized carbons (Fsp3) is 0.0233. The first-order valence-electron chi connectivity index (χ1n) is 15.9. The van der Waals surface area contributed by atoms with Crippen LogP contribution in [-0.2, 0) is 6.54 Å². The maximum Gasteiger partial charge on any atom is 0.138 e. The summed E-state index contributed by atoms with van der Waals surface area (Å²) in [5, 5.41) is 13.2. The van der Waals surface area contributed by atoms with Crippen LogP contribution in [-0.4, -0.2) is 16.7 Å². The lowest BCUT2D eigenvalue weighted by Gasteiger charge is -2.16. The first-order chi connectivity index (χ1) is 23.3. The molecule has 9 rings (SSSR count). The topological polar surface area (TPSA) is 53.1 Å². The number of aliphatic imine (C=N–C) groups is 1. The Morgan fingerprint density at radius 1 is 0.511 bits per heavy atom. The number of rotatable bonds is 6. The predicted molar refractivity (Wildman–Crippen MR) is 200 cm³/mol. The summed E-state index contributed by atoms with van der Waals surface area (Å²) in [5.41, 5.74) is 8.59. The Labute approximate surface area is 272 Å². The molecule has 1 aromatic heterocycles. The lowest BCUT2D eigenvalue weighted by molar-refractivity contribution is 1.15. The van der Waals surface area contributed by atoms with Crippen LogP contribution in [0, 0.1) is 0 Å². The molecule has 0 fully saturated rings. The van der Waals surface area contributed by atoms with E-state index in [1.54, 1.807) is 0 Å². The van der Waals surface area contributed by atoms with Gasteiger partial charge in [-0.2, -0.15) is 0 Å². The highest BCUT2D eigenvalue weighted by atomic mass is 14.9. The van der Waals surface area contributed by atoms with Crippen molar-refractivity contribution in [1.82, 2.24) is 9.97 Å². The summed E-state index contributed by atoms with van der Waals surface area (Å²) in [6, 6.07) is 51.4. The molecule has 222 valence electrons. The average Bonchev–Trinajstić information content (AvgIpc) is 3.60. The Balaban J connectivity index is 0.994. The zero-order chi connectivity index (χ0) is 31.3. The Morgan fingerprint density at radius 3 is 1.62 bits per heavy atom. The fourth-order valence-corrected chi connectivity index (χ4v) is 7.05. The van der Waals surface area contributed by atoms with Crippen LogP contribution in [0.15, 0.2) is 151 Å². The molecule has 0 saturated heterocycles. The van der Waals surface area contributed by atoms with Gasteiger partial charge in [0.2, 0.25) is 0 Å². The molecular weight excluding hydrogens is 573 g/mol. The van der Waals surface area contributed by atoms with E-state index in [1.807, 2.05) is 0 Å². The molecule has 1 heterocycles. The van der Waals surface area contributed by atoms with Crippen molar-refractivity contribution in [2.45, 2.75) is 6.54 Å². The van der Waals surface area contributed by atoms with Gasteiger partial charge in [0.1, 0.15) is 5.82 Å². The summed E-state index contributed by atoms with van der Waals surface area (Å²) < 4.78 is 0. The summed E-state index contributed by atoms with van der Waals surface area (Å²) in [7, 11) is 0. The number of H-pyrrole nitrogens is 1. The van der Waals surface area contributed by atoms with Crippen LogP contribution in [0.4, 0.5) is 11.4 Å². The molecule has 0 aliphatic carbocycles. The maximum absolute atomic E-state index is 5.10. The van der Waals surface area contributed by atoms with Crippen molar-refractivity contribution >= 4 is 72.2 Å². The second-order valence-electron chi connectivity index (χ2n) is 12.0. The number of aromatic amines is 1. The average molecular weight is 603 g/mol. The molecule has 0 atom stereocenters. The maximum atomic E-state index is 5.10. The molecule has 0 spiro atoms. The van der Waals surface area contributed by atoms with E-state index in [2.05, 4.69) is 168 Å². The highest BCUT2D eigenvalue weighted by Gasteiger charge is 2.15. The van der Waals surface area contributed by atoms with Crippen LogP contribution >= 0.6 is 0 Å². The van der Waals surface area contributed by atoms with Crippen molar-refractivity contribution < 1.29 is 0 Å². The zero-order valence-electron chi connectivity index (χ0n) is 25.7. The van der Waals surface area contributed by atoms with Crippen molar-refractivity contribution in [3.8, 4) is 22.5 Å². The van der Waals surface area contributed by atoms with Gasteiger partial charge in [-0.05, 0) is 45.0 Å². The third-order valence-corrected chi connectivity index (χ3v) is 9.35. The van der Waals surface area contributed by atoms with E-state index in [4.69, 9.17) is 4.98 Å². The van der Waals surface area contributed by atoms with Crippen LogP contribution in [0.5, 0.6) is 0 Å². The summed E-state index contributed by atoms with van der Waals surface area (Å²) in [6.07, 6.45) is 0. The van der Waals surface area contributed by atoms with Crippen molar-refractivity contribution in [1.29, 1.82) is 0 Å². The van der Waals surface area contributed by atoms with Crippen LogP contribution in [0.2, 0.25) is 0 Å². The smallest absolute Gasteiger partial charge is 0.138 e. The van der Waals surface area contributed by atoms with E-state index in [-0.39, 0.29) is 0 Å². The van der Waals surface area contributed by atoms with Crippen LogP contribution < -0.4 is 5.32 Å². The summed E-state index contributed by atoms with van der Waals surface area (Å²) in [4.78, 5) is 13.2. The monoisotopic (exact) mass is 602 g/mol. The zero-order valence-corrected chi connectivity index (χ0v) is 25.7. The molecule has 8 aromatic carbocycles. The highest BCUT2D eigenvalue weighted by molar-refractivity contribution is 6.23. The second-order valence-corrected chi connectivity index (χ2v) is 12.0. The van der Waals surface area contributed by atoms with Crippen LogP contribution in [0.1, 0.15) is 5.56 Å². The number of nitrogens with zero attached hydrogens (tertiary/aromatic N) is 2. The number of anilines is 1. The van der Waals surface area contributed by atoms with Gasteiger partial charge in [0, 0.05) is 33.7 Å². The van der Waals surface area contributed by atoms with Gasteiger partial charge in [0.25, 0.3) is 0 Å². The van der Waals surface area contributed by atoms with E-state index in [0.717, 1.165) is 44.6 Å². The van der Waals surface area contributed by atoms with Crippen LogP contribution in [0.25, 0.3) is 76.6 Å². The number of hydrogen-bond donors (Lipinski definition) is 2. The largest absolute Gasteiger partial charge is 0.379 e. The van der Waals surface area contributed by atoms with Gasteiger partial charge < -0.3 is 10.3 Å². The molecule has 0 saturated carbocycles. The molecule has 47 heavy (non-hydrogen) atoms. The number of fused-ring (bicyclic) bond motifs is 9. The van der Waals surface area contributed by atoms with E-state index in [1.165, 1.54) is 49.0 Å². The lowest BCUT2D eigenvalue weighted by atomic mass is 9.98. The summed E-state index contributed by atoms with van der Waals surface area (Å²) in [6.45, 7) is 4.59. The molecule has 4 heteroatoms. The van der Waals surface area contributed by atoms with Gasteiger partial charge in [-0.3, -0.25) is 4.99 Å². The van der Waals surface area contributed by atoms with Gasteiger partial charge in [-0.25, -0.2) is 4.98 Å². The Hall–Kier alpha value is -6.26. The molecule has 0 unspecified atom stereocenters. The Kier molecular flexibility index (Phi) is 6.32. The van der Waals surface area contributed by atoms with E-state index in [9.17, 15) is 0 Å². The molecule has 4 nitrogen and oxygen atoms in total. The molecule has 0 bridgehead atoms. The number of aromatic nitrogens is 2. The summed E-state index contributed by atoms with van der Waals surface area (Å²) >= 11 is 0. The van der Waals surface area contributed by atoms with E-state index in [0.29, 0.717) is 6.54 Å². The third kappa shape index (κ3) is 4.45. The Morgan fingerprint density at radius 2 is 0.979 bits per heavy atom. The van der Waals surface area contributed by atoms with E-state index < -0.39 is 0 Å². The molecule has 9 aromatic rings.